The maximum atomic E-state index is 4.79. The van der Waals surface area contributed by atoms with Crippen LogP contribution in [0.15, 0.2) is 60.5 Å². The number of hydrogen-bond donors (Lipinski definition) is 2. The van der Waals surface area contributed by atoms with Crippen molar-refractivity contribution < 1.29 is 0 Å². The van der Waals surface area contributed by atoms with Gasteiger partial charge in [0.15, 0.2) is 5.82 Å². The minimum atomic E-state index is 0.698. The zero-order chi connectivity index (χ0) is 22.2. The van der Waals surface area contributed by atoms with Crippen molar-refractivity contribution in [2.75, 3.05) is 5.32 Å². The average Bonchev–Trinajstić information content (AvgIpc) is 3.52. The molecule has 2 atom stereocenters. The lowest BCUT2D eigenvalue weighted by Gasteiger charge is -2.18. The molecule has 1 aliphatic carbocycles. The molecule has 4 rings (SSSR count). The third kappa shape index (κ3) is 6.30. The van der Waals surface area contributed by atoms with Crippen LogP contribution in [-0.2, 0) is 6.54 Å². The van der Waals surface area contributed by atoms with Gasteiger partial charge in [0, 0.05) is 16.8 Å². The molecule has 2 aliphatic rings. The molecule has 0 bridgehead atoms. The third-order valence-corrected chi connectivity index (χ3v) is 5.78. The molecular formula is C27H36N4. The Hall–Kier alpha value is -2.88. The van der Waals surface area contributed by atoms with Crippen LogP contribution < -0.4 is 10.6 Å². The van der Waals surface area contributed by atoms with Gasteiger partial charge in [-0.15, -0.1) is 0 Å². The Morgan fingerprint density at radius 2 is 1.90 bits per heavy atom. The number of fused-ring (bicyclic) bond motifs is 1. The zero-order valence-electron chi connectivity index (χ0n) is 19.4. The Kier molecular flexibility index (Phi) is 8.05. The minimum absolute atomic E-state index is 0.698. The van der Waals surface area contributed by atoms with Crippen LogP contribution in [0.5, 0.6) is 0 Å². The molecule has 4 nitrogen and oxygen atoms in total. The van der Waals surface area contributed by atoms with Crippen LogP contribution in [0.2, 0.25) is 0 Å². The number of anilines is 1. The van der Waals surface area contributed by atoms with Crippen LogP contribution in [0.1, 0.15) is 64.6 Å². The molecule has 164 valence electrons. The van der Waals surface area contributed by atoms with E-state index >= 15 is 0 Å². The van der Waals surface area contributed by atoms with Crippen molar-refractivity contribution in [3.63, 3.8) is 0 Å². The predicted octanol–water partition coefficient (Wildman–Crippen LogP) is 6.94. The Bertz CT molecular complexity index is 941. The molecule has 0 radical (unpaired) electrons. The maximum Gasteiger partial charge on any atom is 0.161 e. The second-order valence-corrected chi connectivity index (χ2v) is 8.55. The Balaban J connectivity index is 0.000000491. The van der Waals surface area contributed by atoms with E-state index in [2.05, 4.69) is 51.0 Å². The van der Waals surface area contributed by atoms with Crippen LogP contribution in [0.4, 0.5) is 5.82 Å². The fourth-order valence-corrected chi connectivity index (χ4v) is 3.82. The molecule has 2 aromatic rings. The summed E-state index contributed by atoms with van der Waals surface area (Å²) >= 11 is 0. The van der Waals surface area contributed by atoms with E-state index < -0.39 is 0 Å². The molecule has 1 aliphatic heterocycles. The lowest BCUT2D eigenvalue weighted by Crippen LogP contribution is -2.16. The summed E-state index contributed by atoms with van der Waals surface area (Å²) in [5, 5.41) is 6.64. The maximum absolute atomic E-state index is 4.79. The van der Waals surface area contributed by atoms with Gasteiger partial charge in [-0.3, -0.25) is 0 Å². The highest BCUT2D eigenvalue weighted by Gasteiger charge is 2.33. The van der Waals surface area contributed by atoms with Gasteiger partial charge < -0.3 is 10.6 Å². The van der Waals surface area contributed by atoms with E-state index in [9.17, 15) is 0 Å². The monoisotopic (exact) mass is 416 g/mol. The summed E-state index contributed by atoms with van der Waals surface area (Å²) in [5.74, 6) is 3.04. The van der Waals surface area contributed by atoms with Crippen LogP contribution in [0, 0.1) is 11.8 Å². The Morgan fingerprint density at radius 1 is 1.19 bits per heavy atom. The highest BCUT2D eigenvalue weighted by Crippen LogP contribution is 2.43. The molecule has 4 heteroatoms. The van der Waals surface area contributed by atoms with Gasteiger partial charge >= 0.3 is 0 Å². The van der Waals surface area contributed by atoms with E-state index in [0.29, 0.717) is 12.5 Å². The molecule has 1 aromatic carbocycles. The third-order valence-electron chi connectivity index (χ3n) is 5.78. The summed E-state index contributed by atoms with van der Waals surface area (Å²) in [5.41, 5.74) is 5.28. The lowest BCUT2D eigenvalue weighted by atomic mass is 10.1. The highest BCUT2D eigenvalue weighted by molar-refractivity contribution is 5.71. The number of benzene rings is 1. The summed E-state index contributed by atoms with van der Waals surface area (Å²) in [7, 11) is 0. The topological polar surface area (TPSA) is 49.8 Å². The zero-order valence-corrected chi connectivity index (χ0v) is 19.4. The Labute approximate surface area is 187 Å². The van der Waals surface area contributed by atoms with Gasteiger partial charge in [-0.25, -0.2) is 9.97 Å². The smallest absolute Gasteiger partial charge is 0.161 e. The van der Waals surface area contributed by atoms with E-state index in [1.165, 1.54) is 31.3 Å². The molecule has 31 heavy (non-hydrogen) atoms. The molecule has 2 unspecified atom stereocenters. The number of aromatic nitrogens is 2. The predicted molar refractivity (Wildman–Crippen MR) is 132 cm³/mol. The number of unbranched alkanes of at least 4 members (excludes halogenated alkanes) is 2. The SMILES string of the molecule is C=C(/C=C(\C)C1CC1C)Nc1nc(-c2ccccc2)nc2c1C=CNC2.CCCCC. The molecule has 1 fully saturated rings. The summed E-state index contributed by atoms with van der Waals surface area (Å²) in [6, 6.07) is 10.1. The average molecular weight is 417 g/mol. The van der Waals surface area contributed by atoms with E-state index in [0.717, 1.165) is 40.1 Å². The fourth-order valence-electron chi connectivity index (χ4n) is 3.82. The Morgan fingerprint density at radius 3 is 2.52 bits per heavy atom. The highest BCUT2D eigenvalue weighted by atomic mass is 15.1. The number of nitrogens with one attached hydrogen (secondary N) is 2. The number of allylic oxidation sites excluding steroid dienone is 2. The summed E-state index contributed by atoms with van der Waals surface area (Å²) in [4.78, 5) is 9.54. The molecule has 1 aromatic heterocycles. The van der Waals surface area contributed by atoms with Crippen LogP contribution in [0.25, 0.3) is 17.5 Å². The van der Waals surface area contributed by atoms with Crippen molar-refractivity contribution in [1.82, 2.24) is 15.3 Å². The standard InChI is InChI=1S/C22H24N4.C5H12/c1-14(19-12-15(19)2)11-16(3)24-22-18-9-10-23-13-20(18)25-21(26-22)17-7-5-4-6-8-17;1-3-5-4-2/h4-11,15,19,23H,3,12-13H2,1-2H3,(H,24,25,26);3-5H2,1-2H3/b14-11+;. The van der Waals surface area contributed by atoms with E-state index in [-0.39, 0.29) is 0 Å². The van der Waals surface area contributed by atoms with Gasteiger partial charge in [-0.1, -0.05) is 82.5 Å². The quantitative estimate of drug-likeness (QED) is 0.480. The van der Waals surface area contributed by atoms with Crippen LogP contribution >= 0.6 is 0 Å². The molecule has 0 saturated heterocycles. The summed E-state index contributed by atoms with van der Waals surface area (Å²) in [6.07, 6.45) is 11.5. The fraction of sp³-hybridized carbons (Fsp3) is 0.407. The first-order chi connectivity index (χ1) is 15.0. The second kappa shape index (κ2) is 10.9. The first-order valence-electron chi connectivity index (χ1n) is 11.5. The molecule has 2 heterocycles. The van der Waals surface area contributed by atoms with Crippen LogP contribution in [0.3, 0.4) is 0 Å². The van der Waals surface area contributed by atoms with Gasteiger partial charge in [0.2, 0.25) is 0 Å². The minimum Gasteiger partial charge on any atom is -0.385 e. The molecule has 0 amide bonds. The van der Waals surface area contributed by atoms with Crippen molar-refractivity contribution >= 4 is 11.9 Å². The summed E-state index contributed by atoms with van der Waals surface area (Å²) in [6.45, 7) is 13.8. The van der Waals surface area contributed by atoms with E-state index in [1.54, 1.807) is 0 Å². The van der Waals surface area contributed by atoms with Gasteiger partial charge in [-0.2, -0.15) is 0 Å². The van der Waals surface area contributed by atoms with Crippen molar-refractivity contribution in [3.05, 3.63) is 71.7 Å². The van der Waals surface area contributed by atoms with E-state index in [4.69, 9.17) is 9.97 Å². The largest absolute Gasteiger partial charge is 0.385 e. The molecule has 1 saturated carbocycles. The van der Waals surface area contributed by atoms with Gasteiger partial charge in [0.25, 0.3) is 0 Å². The molecular weight excluding hydrogens is 380 g/mol. The number of nitrogens with zero attached hydrogens (tertiary/aromatic N) is 2. The van der Waals surface area contributed by atoms with Crippen molar-refractivity contribution in [3.8, 4) is 11.4 Å². The second-order valence-electron chi connectivity index (χ2n) is 8.55. The number of hydrogen-bond acceptors (Lipinski definition) is 4. The van der Waals surface area contributed by atoms with Crippen molar-refractivity contribution in [2.45, 2.75) is 59.9 Å². The molecule has 2 N–H and O–H groups in total. The van der Waals surface area contributed by atoms with Gasteiger partial charge in [0.05, 0.1) is 12.2 Å². The normalized spacial score (nSPS) is 18.9. The first-order valence-corrected chi connectivity index (χ1v) is 11.5. The lowest BCUT2D eigenvalue weighted by molar-refractivity contribution is 0.772. The first kappa shape index (κ1) is 22.8. The number of rotatable bonds is 7. The van der Waals surface area contributed by atoms with Gasteiger partial charge in [-0.05, 0) is 43.5 Å². The summed E-state index contributed by atoms with van der Waals surface area (Å²) < 4.78 is 0. The molecule has 0 spiro atoms. The van der Waals surface area contributed by atoms with Crippen LogP contribution in [-0.4, -0.2) is 9.97 Å². The van der Waals surface area contributed by atoms with Gasteiger partial charge in [0.1, 0.15) is 5.82 Å². The van der Waals surface area contributed by atoms with Crippen molar-refractivity contribution in [2.24, 2.45) is 11.8 Å². The van der Waals surface area contributed by atoms with Crippen molar-refractivity contribution in [1.29, 1.82) is 0 Å². The van der Waals surface area contributed by atoms with E-state index in [1.807, 2.05) is 42.6 Å².